The first kappa shape index (κ1) is 12.7. The maximum atomic E-state index is 4.62. The average Bonchev–Trinajstić information content (AvgIpc) is 2.50. The van der Waals surface area contributed by atoms with Gasteiger partial charge in [-0.1, -0.05) is 33.8 Å². The van der Waals surface area contributed by atoms with Crippen LogP contribution in [0.5, 0.6) is 0 Å². The van der Waals surface area contributed by atoms with Crippen LogP contribution in [-0.4, -0.2) is 10.7 Å². The molecule has 1 aromatic rings. The van der Waals surface area contributed by atoms with Gasteiger partial charge in [-0.25, -0.2) is 0 Å². The highest BCUT2D eigenvalue weighted by molar-refractivity contribution is 7.98. The number of thioether (sulfide) groups is 1. The molecule has 1 nitrogen and oxygen atoms in total. The van der Waals surface area contributed by atoms with E-state index < -0.39 is 0 Å². The molecule has 1 aliphatic heterocycles. The Morgan fingerprint density at radius 1 is 1.18 bits per heavy atom. The van der Waals surface area contributed by atoms with Crippen molar-refractivity contribution in [2.75, 3.05) is 5.75 Å². The Kier molecular flexibility index (Phi) is 3.93. The van der Waals surface area contributed by atoms with Gasteiger partial charge in [-0.3, -0.25) is 4.98 Å². The van der Waals surface area contributed by atoms with Crippen LogP contribution in [0.3, 0.4) is 0 Å². The third-order valence-electron chi connectivity index (χ3n) is 3.20. The summed E-state index contributed by atoms with van der Waals surface area (Å²) in [4.78, 5) is 4.62. The second-order valence-corrected chi connectivity index (χ2v) is 6.24. The highest BCUT2D eigenvalue weighted by Crippen LogP contribution is 2.36. The summed E-state index contributed by atoms with van der Waals surface area (Å²) in [5, 5.41) is 0. The Hall–Kier alpha value is -0.760. The zero-order chi connectivity index (χ0) is 12.4. The van der Waals surface area contributed by atoms with Gasteiger partial charge in [-0.05, 0) is 29.0 Å². The molecule has 92 valence electrons. The van der Waals surface area contributed by atoms with E-state index >= 15 is 0 Å². The lowest BCUT2D eigenvalue weighted by Gasteiger charge is -2.19. The predicted molar refractivity (Wildman–Crippen MR) is 77.3 cm³/mol. The lowest BCUT2D eigenvalue weighted by Crippen LogP contribution is -2.06. The van der Waals surface area contributed by atoms with Crippen LogP contribution < -0.4 is 0 Å². The molecule has 0 saturated heterocycles. The van der Waals surface area contributed by atoms with Crippen LogP contribution in [0.1, 0.15) is 50.4 Å². The summed E-state index contributed by atoms with van der Waals surface area (Å²) < 4.78 is 0. The van der Waals surface area contributed by atoms with Crippen molar-refractivity contribution < 1.29 is 0 Å². The van der Waals surface area contributed by atoms with Gasteiger partial charge in [0.25, 0.3) is 0 Å². The highest BCUT2D eigenvalue weighted by Gasteiger charge is 2.20. The van der Waals surface area contributed by atoms with E-state index in [4.69, 9.17) is 0 Å². The number of pyridine rings is 1. The Morgan fingerprint density at radius 3 is 2.59 bits per heavy atom. The topological polar surface area (TPSA) is 12.9 Å². The van der Waals surface area contributed by atoms with Crippen LogP contribution in [0.25, 0.3) is 5.57 Å². The largest absolute Gasteiger partial charge is 0.260 e. The van der Waals surface area contributed by atoms with Crippen LogP contribution in [0.15, 0.2) is 18.3 Å². The number of hydrogen-bond donors (Lipinski definition) is 0. The Morgan fingerprint density at radius 2 is 1.94 bits per heavy atom. The molecular weight excluding hydrogens is 226 g/mol. The first-order chi connectivity index (χ1) is 8.11. The van der Waals surface area contributed by atoms with Crippen LogP contribution >= 0.6 is 11.8 Å². The molecule has 0 N–H and O–H groups in total. The predicted octanol–water partition coefficient (Wildman–Crippen LogP) is 4.49. The van der Waals surface area contributed by atoms with E-state index in [9.17, 15) is 0 Å². The molecule has 0 fully saturated rings. The number of fused-ring (bicyclic) bond motifs is 1. The summed E-state index contributed by atoms with van der Waals surface area (Å²) in [6.07, 6.45) is 4.37. The van der Waals surface area contributed by atoms with E-state index in [-0.39, 0.29) is 0 Å². The normalized spacial score (nSPS) is 15.8. The van der Waals surface area contributed by atoms with Crippen molar-refractivity contribution in [1.82, 2.24) is 4.98 Å². The SMILES string of the molecule is CC(C)C1=CCSCc2ccnc(C(C)C)c21. The molecule has 2 heteroatoms. The maximum absolute atomic E-state index is 4.62. The molecule has 1 aliphatic rings. The minimum atomic E-state index is 0.496. The van der Waals surface area contributed by atoms with E-state index in [1.165, 1.54) is 22.4 Å². The molecule has 0 aliphatic carbocycles. The second kappa shape index (κ2) is 5.26. The molecule has 1 aromatic heterocycles. The van der Waals surface area contributed by atoms with Crippen molar-refractivity contribution in [1.29, 1.82) is 0 Å². The van der Waals surface area contributed by atoms with Crippen molar-refractivity contribution in [3.8, 4) is 0 Å². The fraction of sp³-hybridized carbons (Fsp3) is 0.533. The average molecular weight is 247 g/mol. The smallest absolute Gasteiger partial charge is 0.0507 e. The van der Waals surface area contributed by atoms with Gasteiger partial charge in [0.05, 0.1) is 5.69 Å². The standard InChI is InChI=1S/C15H21NS/c1-10(2)13-6-8-17-9-12-5-7-16-15(11(3)4)14(12)13/h5-7,10-11H,8-9H2,1-4H3. The van der Waals surface area contributed by atoms with Crippen molar-refractivity contribution in [3.05, 3.63) is 35.2 Å². The molecule has 0 aromatic carbocycles. The number of hydrogen-bond acceptors (Lipinski definition) is 2. The zero-order valence-corrected chi connectivity index (χ0v) is 12.0. The van der Waals surface area contributed by atoms with Crippen molar-refractivity contribution in [3.63, 3.8) is 0 Å². The molecule has 0 atom stereocenters. The summed E-state index contributed by atoms with van der Waals surface area (Å²) in [5.41, 5.74) is 5.65. The molecule has 0 saturated carbocycles. The maximum Gasteiger partial charge on any atom is 0.0507 e. The summed E-state index contributed by atoms with van der Waals surface area (Å²) >= 11 is 2.00. The summed E-state index contributed by atoms with van der Waals surface area (Å²) in [6.45, 7) is 9.03. The van der Waals surface area contributed by atoms with Gasteiger partial charge >= 0.3 is 0 Å². The summed E-state index contributed by atoms with van der Waals surface area (Å²) in [6, 6.07) is 2.19. The highest BCUT2D eigenvalue weighted by atomic mass is 32.2. The molecule has 2 heterocycles. The summed E-state index contributed by atoms with van der Waals surface area (Å²) in [7, 11) is 0. The molecule has 0 bridgehead atoms. The molecule has 0 spiro atoms. The number of rotatable bonds is 2. The molecular formula is C15H21NS. The Balaban J connectivity index is 2.61. The second-order valence-electron chi connectivity index (χ2n) is 5.21. The summed E-state index contributed by atoms with van der Waals surface area (Å²) in [5.74, 6) is 3.31. The van der Waals surface area contributed by atoms with E-state index in [0.717, 1.165) is 11.5 Å². The number of nitrogens with zero attached hydrogens (tertiary/aromatic N) is 1. The number of aromatic nitrogens is 1. The molecule has 0 amide bonds. The quantitative estimate of drug-likeness (QED) is 0.763. The van der Waals surface area contributed by atoms with Gasteiger partial charge in [0.1, 0.15) is 0 Å². The van der Waals surface area contributed by atoms with Gasteiger partial charge in [0, 0.05) is 23.3 Å². The third-order valence-corrected chi connectivity index (χ3v) is 4.12. The van der Waals surface area contributed by atoms with Gasteiger partial charge in [0.2, 0.25) is 0 Å². The van der Waals surface area contributed by atoms with Crippen molar-refractivity contribution in [2.45, 2.75) is 39.4 Å². The fourth-order valence-corrected chi connectivity index (χ4v) is 3.23. The molecule has 2 rings (SSSR count). The number of allylic oxidation sites excluding steroid dienone is 1. The lowest BCUT2D eigenvalue weighted by molar-refractivity contribution is 0.796. The van der Waals surface area contributed by atoms with Gasteiger partial charge in [0.15, 0.2) is 0 Å². The molecule has 0 radical (unpaired) electrons. The first-order valence-electron chi connectivity index (χ1n) is 6.37. The van der Waals surface area contributed by atoms with E-state index in [0.29, 0.717) is 11.8 Å². The third kappa shape index (κ3) is 2.57. The van der Waals surface area contributed by atoms with E-state index in [1.807, 2.05) is 18.0 Å². The Labute approximate surface area is 109 Å². The zero-order valence-electron chi connectivity index (χ0n) is 11.2. The lowest BCUT2D eigenvalue weighted by atomic mass is 9.88. The van der Waals surface area contributed by atoms with Crippen LogP contribution in [-0.2, 0) is 5.75 Å². The minimum Gasteiger partial charge on any atom is -0.260 e. The fourth-order valence-electron chi connectivity index (χ4n) is 2.36. The van der Waals surface area contributed by atoms with E-state index in [1.54, 1.807) is 0 Å². The molecule has 0 unspecified atom stereocenters. The van der Waals surface area contributed by atoms with Gasteiger partial charge < -0.3 is 0 Å². The van der Waals surface area contributed by atoms with Crippen LogP contribution in [0.2, 0.25) is 0 Å². The van der Waals surface area contributed by atoms with Gasteiger partial charge in [-0.15, -0.1) is 0 Å². The van der Waals surface area contributed by atoms with Crippen LogP contribution in [0, 0.1) is 5.92 Å². The first-order valence-corrected chi connectivity index (χ1v) is 7.52. The van der Waals surface area contributed by atoms with E-state index in [2.05, 4.69) is 44.8 Å². The molecule has 17 heavy (non-hydrogen) atoms. The monoisotopic (exact) mass is 247 g/mol. The van der Waals surface area contributed by atoms with Crippen molar-refractivity contribution >= 4 is 17.3 Å². The van der Waals surface area contributed by atoms with Gasteiger partial charge in [-0.2, -0.15) is 11.8 Å². The Bertz CT molecular complexity index is 433. The van der Waals surface area contributed by atoms with Crippen molar-refractivity contribution in [2.24, 2.45) is 5.92 Å². The minimum absolute atomic E-state index is 0.496. The van der Waals surface area contributed by atoms with Crippen LogP contribution in [0.4, 0.5) is 0 Å².